The van der Waals surface area contributed by atoms with Crippen LogP contribution in [0.15, 0.2) is 23.2 Å². The van der Waals surface area contributed by atoms with Crippen LogP contribution in [-0.2, 0) is 6.54 Å². The Morgan fingerprint density at radius 2 is 1.74 bits per heavy atom. The summed E-state index contributed by atoms with van der Waals surface area (Å²) >= 11 is 0. The second-order valence-electron chi connectivity index (χ2n) is 7.52. The molecule has 1 rings (SSSR count). The summed E-state index contributed by atoms with van der Waals surface area (Å²) in [6.07, 6.45) is -3.42. The van der Waals surface area contributed by atoms with Gasteiger partial charge in [-0.25, -0.2) is 0 Å². The molecule has 180 valence electrons. The number of rotatable bonds is 11. The average molecular weight is 560 g/mol. The van der Waals surface area contributed by atoms with E-state index in [1.54, 1.807) is 19.2 Å². The summed E-state index contributed by atoms with van der Waals surface area (Å²) in [6, 6.07) is 5.82. The smallest absolute Gasteiger partial charge is 0.422 e. The SMILES string of the molecule is CN=C(NCCCN(C(C)C)C(C)C)NCc1ccc(OCC(F)(F)F)c(OC)c1.I. The van der Waals surface area contributed by atoms with Crippen molar-refractivity contribution < 1.29 is 22.6 Å². The number of guanidine groups is 1. The number of halogens is 4. The normalized spacial score (nSPS) is 12.2. The topological polar surface area (TPSA) is 58.1 Å². The Kier molecular flexibility index (Phi) is 13.9. The first kappa shape index (κ1) is 29.6. The van der Waals surface area contributed by atoms with Gasteiger partial charge in [0, 0.05) is 38.8 Å². The van der Waals surface area contributed by atoms with Gasteiger partial charge in [0.15, 0.2) is 24.1 Å². The highest BCUT2D eigenvalue weighted by Gasteiger charge is 2.29. The molecule has 0 heterocycles. The van der Waals surface area contributed by atoms with Gasteiger partial charge in [0.05, 0.1) is 7.11 Å². The predicted octanol–water partition coefficient (Wildman–Crippen LogP) is 4.43. The van der Waals surface area contributed by atoms with E-state index in [0.29, 0.717) is 24.6 Å². The van der Waals surface area contributed by atoms with Gasteiger partial charge >= 0.3 is 6.18 Å². The van der Waals surface area contributed by atoms with E-state index in [4.69, 9.17) is 9.47 Å². The molecule has 0 aliphatic rings. The summed E-state index contributed by atoms with van der Waals surface area (Å²) in [5.41, 5.74) is 0.833. The van der Waals surface area contributed by atoms with E-state index in [2.05, 4.69) is 48.2 Å². The van der Waals surface area contributed by atoms with Crippen molar-refractivity contribution in [2.45, 2.75) is 58.9 Å². The largest absolute Gasteiger partial charge is 0.493 e. The van der Waals surface area contributed by atoms with Gasteiger partial charge in [0.1, 0.15) is 0 Å². The lowest BCUT2D eigenvalue weighted by molar-refractivity contribution is -0.153. The zero-order valence-corrected chi connectivity index (χ0v) is 21.5. The summed E-state index contributed by atoms with van der Waals surface area (Å²) in [5, 5.41) is 6.48. The lowest BCUT2D eigenvalue weighted by Crippen LogP contribution is -2.41. The number of benzene rings is 1. The van der Waals surface area contributed by atoms with Crippen LogP contribution in [0.2, 0.25) is 0 Å². The Bertz CT molecular complexity index is 663. The molecule has 0 fully saturated rings. The molecule has 0 aliphatic carbocycles. The second kappa shape index (κ2) is 14.6. The third-order valence-electron chi connectivity index (χ3n) is 4.52. The van der Waals surface area contributed by atoms with Crippen molar-refractivity contribution in [1.82, 2.24) is 15.5 Å². The molecule has 1 aromatic carbocycles. The molecule has 0 spiro atoms. The van der Waals surface area contributed by atoms with Gasteiger partial charge in [-0.05, 0) is 51.8 Å². The molecule has 2 N–H and O–H groups in total. The van der Waals surface area contributed by atoms with Gasteiger partial charge in [0.2, 0.25) is 0 Å². The quantitative estimate of drug-likeness (QED) is 0.182. The number of hydrogen-bond acceptors (Lipinski definition) is 4. The molecule has 0 unspecified atom stereocenters. The van der Waals surface area contributed by atoms with Crippen molar-refractivity contribution >= 4 is 29.9 Å². The Balaban J connectivity index is 0.00000900. The number of methoxy groups -OCH3 is 1. The van der Waals surface area contributed by atoms with Gasteiger partial charge in [-0.2, -0.15) is 13.2 Å². The summed E-state index contributed by atoms with van der Waals surface area (Å²) in [5.74, 6) is 0.969. The van der Waals surface area contributed by atoms with Crippen LogP contribution in [0.3, 0.4) is 0 Å². The van der Waals surface area contributed by atoms with Gasteiger partial charge in [-0.1, -0.05) is 6.07 Å². The Hall–Kier alpha value is -1.43. The van der Waals surface area contributed by atoms with Gasteiger partial charge < -0.3 is 20.1 Å². The molecule has 1 aromatic rings. The maximum atomic E-state index is 12.4. The van der Waals surface area contributed by atoms with E-state index in [1.807, 2.05) is 0 Å². The van der Waals surface area contributed by atoms with Crippen molar-refractivity contribution in [1.29, 1.82) is 0 Å². The van der Waals surface area contributed by atoms with Crippen LogP contribution < -0.4 is 20.1 Å². The molecule has 0 bridgehead atoms. The lowest BCUT2D eigenvalue weighted by atomic mass is 10.2. The van der Waals surface area contributed by atoms with E-state index in [0.717, 1.165) is 25.1 Å². The van der Waals surface area contributed by atoms with Crippen molar-refractivity contribution in [3.63, 3.8) is 0 Å². The number of hydrogen-bond donors (Lipinski definition) is 2. The maximum absolute atomic E-state index is 12.4. The third kappa shape index (κ3) is 11.7. The molecule has 0 saturated carbocycles. The van der Waals surface area contributed by atoms with Gasteiger partial charge in [-0.3, -0.25) is 9.89 Å². The average Bonchev–Trinajstić information content (AvgIpc) is 2.67. The minimum Gasteiger partial charge on any atom is -0.493 e. The molecule has 10 heteroatoms. The van der Waals surface area contributed by atoms with E-state index in [1.165, 1.54) is 13.2 Å². The maximum Gasteiger partial charge on any atom is 0.422 e. The second-order valence-corrected chi connectivity index (χ2v) is 7.52. The van der Waals surface area contributed by atoms with Crippen LogP contribution in [0.25, 0.3) is 0 Å². The van der Waals surface area contributed by atoms with E-state index in [-0.39, 0.29) is 35.5 Å². The summed E-state index contributed by atoms with van der Waals surface area (Å²) in [7, 11) is 3.09. The first-order valence-corrected chi connectivity index (χ1v) is 10.1. The van der Waals surface area contributed by atoms with Crippen LogP contribution in [0.5, 0.6) is 11.5 Å². The Morgan fingerprint density at radius 1 is 1.10 bits per heavy atom. The van der Waals surface area contributed by atoms with Gasteiger partial charge in [0.25, 0.3) is 0 Å². The predicted molar refractivity (Wildman–Crippen MR) is 130 cm³/mol. The van der Waals surface area contributed by atoms with Crippen molar-refractivity contribution in [2.24, 2.45) is 4.99 Å². The number of nitrogens with one attached hydrogen (secondary N) is 2. The van der Waals surface area contributed by atoms with Crippen LogP contribution >= 0.6 is 24.0 Å². The zero-order chi connectivity index (χ0) is 22.7. The van der Waals surface area contributed by atoms with Crippen LogP contribution in [-0.4, -0.2) is 63.0 Å². The highest BCUT2D eigenvalue weighted by molar-refractivity contribution is 14.0. The fourth-order valence-corrected chi connectivity index (χ4v) is 3.09. The van der Waals surface area contributed by atoms with Crippen molar-refractivity contribution in [3.8, 4) is 11.5 Å². The summed E-state index contributed by atoms with van der Waals surface area (Å²) in [4.78, 5) is 6.64. The van der Waals surface area contributed by atoms with Crippen molar-refractivity contribution in [2.75, 3.05) is 33.9 Å². The van der Waals surface area contributed by atoms with Crippen LogP contribution in [0.4, 0.5) is 13.2 Å². The van der Waals surface area contributed by atoms with Crippen molar-refractivity contribution in [3.05, 3.63) is 23.8 Å². The summed E-state index contributed by atoms with van der Waals surface area (Å²) < 4.78 is 47.0. The minimum absolute atomic E-state index is 0. The Labute approximate surface area is 201 Å². The van der Waals surface area contributed by atoms with E-state index in [9.17, 15) is 13.2 Å². The molecule has 0 atom stereocenters. The molecule has 0 saturated heterocycles. The molecule has 0 aliphatic heterocycles. The highest BCUT2D eigenvalue weighted by atomic mass is 127. The van der Waals surface area contributed by atoms with Crippen LogP contribution in [0.1, 0.15) is 39.7 Å². The van der Waals surface area contributed by atoms with E-state index < -0.39 is 12.8 Å². The zero-order valence-electron chi connectivity index (χ0n) is 19.2. The number of ether oxygens (including phenoxy) is 2. The third-order valence-corrected chi connectivity index (χ3v) is 4.52. The highest BCUT2D eigenvalue weighted by Crippen LogP contribution is 2.29. The first-order chi connectivity index (χ1) is 14.1. The number of nitrogens with zero attached hydrogens (tertiary/aromatic N) is 2. The lowest BCUT2D eigenvalue weighted by Gasteiger charge is -2.30. The molecule has 6 nitrogen and oxygen atoms in total. The monoisotopic (exact) mass is 560 g/mol. The number of alkyl halides is 3. The molecular formula is C21H36F3IN4O2. The Morgan fingerprint density at radius 3 is 2.26 bits per heavy atom. The summed E-state index contributed by atoms with van der Waals surface area (Å²) in [6.45, 7) is 9.65. The molecule has 0 amide bonds. The molecular weight excluding hydrogens is 524 g/mol. The van der Waals surface area contributed by atoms with E-state index >= 15 is 0 Å². The minimum atomic E-state index is -4.40. The van der Waals surface area contributed by atoms with Gasteiger partial charge in [-0.15, -0.1) is 24.0 Å². The number of aliphatic imine (C=N–C) groups is 1. The molecule has 31 heavy (non-hydrogen) atoms. The fourth-order valence-electron chi connectivity index (χ4n) is 3.09. The standard InChI is InChI=1S/C21H35F3N4O2.HI/c1-15(2)28(16(3)4)11-7-10-26-20(25-5)27-13-17-8-9-18(19(12-17)29-6)30-14-21(22,23)24;/h8-9,12,15-16H,7,10-11,13-14H2,1-6H3,(H2,25,26,27);1H. The van der Waals surface area contributed by atoms with Crippen LogP contribution in [0, 0.1) is 0 Å². The first-order valence-electron chi connectivity index (χ1n) is 10.1. The fraction of sp³-hybridized carbons (Fsp3) is 0.667. The molecule has 0 radical (unpaired) electrons. The molecule has 0 aromatic heterocycles.